The van der Waals surface area contributed by atoms with Crippen LogP contribution in [-0.4, -0.2) is 77.2 Å². The van der Waals surface area contributed by atoms with Crippen molar-refractivity contribution < 1.29 is 14.3 Å². The lowest BCUT2D eigenvalue weighted by Gasteiger charge is -2.45. The highest BCUT2D eigenvalue weighted by Gasteiger charge is 2.48. The molecule has 1 saturated carbocycles. The topological polar surface area (TPSA) is 66.8 Å². The van der Waals surface area contributed by atoms with E-state index < -0.39 is 5.54 Å². The molecule has 1 saturated heterocycles. The van der Waals surface area contributed by atoms with Crippen LogP contribution in [0.2, 0.25) is 0 Å². The minimum Gasteiger partial charge on any atom is -0.379 e. The van der Waals surface area contributed by atoms with Crippen LogP contribution in [0.15, 0.2) is 42.5 Å². The van der Waals surface area contributed by atoms with Crippen LogP contribution < -0.4 is 5.32 Å². The Morgan fingerprint density at radius 3 is 2.46 bits per heavy atom. The molecule has 1 atom stereocenters. The summed E-state index contributed by atoms with van der Waals surface area (Å²) in [6.45, 7) is 7.27. The number of morpholine rings is 1. The number of nitrogens with one attached hydrogen (secondary N) is 1. The summed E-state index contributed by atoms with van der Waals surface area (Å²) in [5.74, 6) is -0.0795. The van der Waals surface area contributed by atoms with Crippen molar-refractivity contribution in [2.75, 3.05) is 39.4 Å². The Kier molecular flexibility index (Phi) is 7.25. The van der Waals surface area contributed by atoms with E-state index in [1.165, 1.54) is 6.42 Å². The van der Waals surface area contributed by atoms with Gasteiger partial charge in [0.2, 0.25) is 5.91 Å². The minimum atomic E-state index is -0.935. The first kappa shape index (κ1) is 24.1. The van der Waals surface area contributed by atoms with Gasteiger partial charge in [0, 0.05) is 37.9 Å². The summed E-state index contributed by atoms with van der Waals surface area (Å²) in [4.78, 5) is 31.9. The molecule has 1 aromatic heterocycles. The highest BCUT2D eigenvalue weighted by molar-refractivity contribution is 6.00. The van der Waals surface area contributed by atoms with Gasteiger partial charge in [0.05, 0.1) is 19.8 Å². The van der Waals surface area contributed by atoms with Crippen molar-refractivity contribution in [2.45, 2.75) is 63.6 Å². The fourth-order valence-electron chi connectivity index (χ4n) is 5.85. The number of rotatable bonds is 7. The average molecular weight is 479 g/mol. The second-order valence-electron chi connectivity index (χ2n) is 10.4. The molecule has 0 radical (unpaired) electrons. The van der Waals surface area contributed by atoms with Crippen molar-refractivity contribution in [3.05, 3.63) is 48.2 Å². The second-order valence-corrected chi connectivity index (χ2v) is 10.4. The number of nitrogens with zero attached hydrogens (tertiary/aromatic N) is 3. The molecule has 1 N–H and O–H groups in total. The molecule has 2 fully saturated rings. The maximum atomic E-state index is 13.8. The van der Waals surface area contributed by atoms with Crippen LogP contribution in [0.25, 0.3) is 11.3 Å². The zero-order chi connectivity index (χ0) is 24.3. The molecule has 1 aromatic carbocycles. The zero-order valence-electron chi connectivity index (χ0n) is 20.9. The van der Waals surface area contributed by atoms with Gasteiger partial charge in [-0.05, 0) is 43.9 Å². The quantitative estimate of drug-likeness (QED) is 0.661. The molecule has 3 aliphatic rings. The first-order chi connectivity index (χ1) is 17.1. The van der Waals surface area contributed by atoms with Crippen LogP contribution in [0.1, 0.15) is 55.9 Å². The SMILES string of the molecule is C[C@@]1(C(=O)NC2CCCCC2)Cn2c(ccc2-c2ccccc2)C(=O)N1CCCN1CCOCC1. The molecule has 1 aliphatic carbocycles. The van der Waals surface area contributed by atoms with Gasteiger partial charge >= 0.3 is 0 Å². The molecule has 7 heteroatoms. The summed E-state index contributed by atoms with van der Waals surface area (Å²) in [6, 6.07) is 14.3. The van der Waals surface area contributed by atoms with Crippen LogP contribution >= 0.6 is 0 Å². The zero-order valence-corrected chi connectivity index (χ0v) is 20.9. The Hall–Kier alpha value is -2.64. The molecule has 0 unspecified atom stereocenters. The van der Waals surface area contributed by atoms with Crippen LogP contribution in [0.3, 0.4) is 0 Å². The first-order valence-corrected chi connectivity index (χ1v) is 13.2. The van der Waals surface area contributed by atoms with Crippen molar-refractivity contribution >= 4 is 11.8 Å². The number of ether oxygens (including phenoxy) is 1. The van der Waals surface area contributed by atoms with E-state index in [4.69, 9.17) is 4.74 Å². The van der Waals surface area contributed by atoms with E-state index in [9.17, 15) is 9.59 Å². The number of carbonyl (C=O) groups is 2. The Morgan fingerprint density at radius 2 is 1.71 bits per heavy atom. The fourth-order valence-corrected chi connectivity index (χ4v) is 5.85. The molecule has 5 rings (SSSR count). The monoisotopic (exact) mass is 478 g/mol. The summed E-state index contributed by atoms with van der Waals surface area (Å²) in [7, 11) is 0. The van der Waals surface area contributed by atoms with Crippen LogP contribution in [0, 0.1) is 0 Å². The molecule has 3 heterocycles. The molecule has 7 nitrogen and oxygen atoms in total. The van der Waals surface area contributed by atoms with Crippen molar-refractivity contribution in [3.8, 4) is 11.3 Å². The molecule has 0 bridgehead atoms. The lowest BCUT2D eigenvalue weighted by atomic mass is 9.91. The van der Waals surface area contributed by atoms with Crippen molar-refractivity contribution in [1.29, 1.82) is 0 Å². The van der Waals surface area contributed by atoms with E-state index in [1.54, 1.807) is 0 Å². The Morgan fingerprint density at radius 1 is 1.00 bits per heavy atom. The van der Waals surface area contributed by atoms with E-state index in [0.29, 0.717) is 18.8 Å². The highest BCUT2D eigenvalue weighted by Crippen LogP contribution is 2.33. The van der Waals surface area contributed by atoms with E-state index >= 15 is 0 Å². The van der Waals surface area contributed by atoms with Crippen molar-refractivity contribution in [2.24, 2.45) is 0 Å². The maximum absolute atomic E-state index is 13.8. The standard InChI is InChI=1S/C28H38N4O3/c1-28(27(34)29-23-11-6-3-7-12-23)21-31-24(22-9-4-2-5-10-22)13-14-25(31)26(33)32(28)16-8-15-30-17-19-35-20-18-30/h2,4-5,9-10,13-14,23H,3,6-8,11-12,15-21H2,1H3,(H,29,34)/t28-/m0/s1. The van der Waals surface area contributed by atoms with Crippen molar-refractivity contribution in [1.82, 2.24) is 19.7 Å². The van der Waals surface area contributed by atoms with Gasteiger partial charge in [-0.15, -0.1) is 0 Å². The van der Waals surface area contributed by atoms with E-state index in [1.807, 2.05) is 42.2 Å². The molecule has 35 heavy (non-hydrogen) atoms. The number of carbonyl (C=O) groups excluding carboxylic acids is 2. The fraction of sp³-hybridized carbons (Fsp3) is 0.571. The number of benzene rings is 1. The van der Waals surface area contributed by atoms with Gasteiger partial charge in [-0.3, -0.25) is 14.5 Å². The molecule has 2 amide bonds. The van der Waals surface area contributed by atoms with E-state index in [-0.39, 0.29) is 17.9 Å². The second kappa shape index (κ2) is 10.5. The number of amides is 2. The van der Waals surface area contributed by atoms with Gasteiger partial charge in [0.1, 0.15) is 11.2 Å². The van der Waals surface area contributed by atoms with Gasteiger partial charge in [-0.25, -0.2) is 0 Å². The van der Waals surface area contributed by atoms with Gasteiger partial charge in [-0.2, -0.15) is 0 Å². The molecular weight excluding hydrogens is 440 g/mol. The van der Waals surface area contributed by atoms with Crippen LogP contribution in [0.4, 0.5) is 0 Å². The third-order valence-corrected chi connectivity index (χ3v) is 7.97. The van der Waals surface area contributed by atoms with Gasteiger partial charge in [0.15, 0.2) is 0 Å². The van der Waals surface area contributed by atoms with Crippen molar-refractivity contribution in [3.63, 3.8) is 0 Å². The highest BCUT2D eigenvalue weighted by atomic mass is 16.5. The van der Waals surface area contributed by atoms with E-state index in [2.05, 4.69) is 26.9 Å². The number of hydrogen-bond acceptors (Lipinski definition) is 4. The molecule has 2 aromatic rings. The van der Waals surface area contributed by atoms with Gasteiger partial charge in [-0.1, -0.05) is 49.6 Å². The molecule has 0 spiro atoms. The normalized spacial score (nSPS) is 23.8. The lowest BCUT2D eigenvalue weighted by molar-refractivity contribution is -0.133. The smallest absolute Gasteiger partial charge is 0.271 e. The average Bonchev–Trinajstić information content (AvgIpc) is 3.31. The predicted octanol–water partition coefficient (Wildman–Crippen LogP) is 3.54. The minimum absolute atomic E-state index is 0.0255. The third kappa shape index (κ3) is 5.02. The number of hydrogen-bond donors (Lipinski definition) is 1. The predicted molar refractivity (Wildman–Crippen MR) is 136 cm³/mol. The third-order valence-electron chi connectivity index (χ3n) is 7.97. The number of aromatic nitrogens is 1. The first-order valence-electron chi connectivity index (χ1n) is 13.2. The maximum Gasteiger partial charge on any atom is 0.271 e. The lowest BCUT2D eigenvalue weighted by Crippen LogP contribution is -2.65. The van der Waals surface area contributed by atoms with Crippen LogP contribution in [0.5, 0.6) is 0 Å². The molecular formula is C28H38N4O3. The Labute approximate surface area is 208 Å². The van der Waals surface area contributed by atoms with E-state index in [0.717, 1.165) is 76.2 Å². The van der Waals surface area contributed by atoms with Gasteiger partial charge in [0.25, 0.3) is 5.91 Å². The largest absolute Gasteiger partial charge is 0.379 e. The molecule has 2 aliphatic heterocycles. The summed E-state index contributed by atoms with van der Waals surface area (Å²) in [5.41, 5.74) is 1.77. The molecule has 188 valence electrons. The van der Waals surface area contributed by atoms with Gasteiger partial charge < -0.3 is 19.5 Å². The Balaban J connectivity index is 1.40. The summed E-state index contributed by atoms with van der Waals surface area (Å²) >= 11 is 0. The summed E-state index contributed by atoms with van der Waals surface area (Å²) in [5, 5.41) is 3.33. The summed E-state index contributed by atoms with van der Waals surface area (Å²) in [6.07, 6.45) is 6.44. The number of fused-ring (bicyclic) bond motifs is 1. The summed E-state index contributed by atoms with van der Waals surface area (Å²) < 4.78 is 7.52. The van der Waals surface area contributed by atoms with Crippen LogP contribution in [-0.2, 0) is 16.1 Å². The Bertz CT molecular complexity index is 1020.